The highest BCUT2D eigenvalue weighted by Crippen LogP contribution is 2.34. The van der Waals surface area contributed by atoms with Gasteiger partial charge < -0.3 is 10.5 Å². The lowest BCUT2D eigenvalue weighted by molar-refractivity contribution is -0.141. The van der Waals surface area contributed by atoms with E-state index < -0.39 is 0 Å². The Morgan fingerprint density at radius 3 is 3.00 bits per heavy atom. The molecule has 15 heavy (non-hydrogen) atoms. The third kappa shape index (κ3) is 1.88. The molecule has 3 nitrogen and oxygen atoms in total. The van der Waals surface area contributed by atoms with Crippen molar-refractivity contribution in [2.45, 2.75) is 24.8 Å². The molecule has 1 aromatic rings. The van der Waals surface area contributed by atoms with E-state index in [4.69, 9.17) is 5.73 Å². The first-order valence-electron chi connectivity index (χ1n) is 5.12. The number of hydrogen-bond donors (Lipinski definition) is 1. The molecule has 0 heterocycles. The standard InChI is InChI=1S/C12H15NO2/c1-15-12(14)7-10-9-5-3-2-4-8(9)6-11(10)13/h2-5,10-11H,6-7,13H2,1H3. The minimum absolute atomic E-state index is 0.0431. The average molecular weight is 205 g/mol. The van der Waals surface area contributed by atoms with Crippen molar-refractivity contribution in [1.82, 2.24) is 0 Å². The molecule has 0 aromatic heterocycles. The third-order valence-electron chi connectivity index (χ3n) is 3.04. The summed E-state index contributed by atoms with van der Waals surface area (Å²) < 4.78 is 4.68. The van der Waals surface area contributed by atoms with Gasteiger partial charge in [-0.2, -0.15) is 0 Å². The van der Waals surface area contributed by atoms with Crippen LogP contribution in [-0.2, 0) is 16.0 Å². The van der Waals surface area contributed by atoms with E-state index in [1.807, 2.05) is 12.1 Å². The number of fused-ring (bicyclic) bond motifs is 1. The summed E-state index contributed by atoms with van der Waals surface area (Å²) in [6.07, 6.45) is 1.24. The van der Waals surface area contributed by atoms with Gasteiger partial charge in [0.15, 0.2) is 0 Å². The summed E-state index contributed by atoms with van der Waals surface area (Å²) in [6, 6.07) is 8.16. The minimum Gasteiger partial charge on any atom is -0.469 e. The lowest BCUT2D eigenvalue weighted by Gasteiger charge is -2.14. The predicted molar refractivity (Wildman–Crippen MR) is 57.5 cm³/mol. The molecule has 0 saturated heterocycles. The summed E-state index contributed by atoms with van der Waals surface area (Å²) >= 11 is 0. The number of rotatable bonds is 2. The number of methoxy groups -OCH3 is 1. The molecule has 0 amide bonds. The van der Waals surface area contributed by atoms with Gasteiger partial charge in [-0.1, -0.05) is 24.3 Å². The molecule has 80 valence electrons. The second-order valence-corrected chi connectivity index (χ2v) is 3.95. The molecule has 2 N–H and O–H groups in total. The van der Waals surface area contributed by atoms with Crippen LogP contribution in [0.2, 0.25) is 0 Å². The van der Waals surface area contributed by atoms with Gasteiger partial charge in [-0.15, -0.1) is 0 Å². The quantitative estimate of drug-likeness (QED) is 0.738. The van der Waals surface area contributed by atoms with Crippen molar-refractivity contribution in [3.8, 4) is 0 Å². The Labute approximate surface area is 89.2 Å². The fraction of sp³-hybridized carbons (Fsp3) is 0.417. The van der Waals surface area contributed by atoms with E-state index in [0.29, 0.717) is 6.42 Å². The van der Waals surface area contributed by atoms with Gasteiger partial charge in [0, 0.05) is 12.0 Å². The molecule has 0 aliphatic heterocycles. The highest BCUT2D eigenvalue weighted by atomic mass is 16.5. The number of benzene rings is 1. The van der Waals surface area contributed by atoms with Crippen LogP contribution < -0.4 is 5.73 Å². The molecular weight excluding hydrogens is 190 g/mol. The van der Waals surface area contributed by atoms with Crippen LogP contribution in [0.1, 0.15) is 23.5 Å². The van der Waals surface area contributed by atoms with Gasteiger partial charge in [0.1, 0.15) is 0 Å². The number of ether oxygens (including phenoxy) is 1. The summed E-state index contributed by atoms with van der Waals surface area (Å²) in [5.74, 6) is -0.0687. The Morgan fingerprint density at radius 2 is 2.27 bits per heavy atom. The van der Waals surface area contributed by atoms with E-state index in [-0.39, 0.29) is 17.9 Å². The lowest BCUT2D eigenvalue weighted by Crippen LogP contribution is -2.27. The molecular formula is C12H15NO2. The molecule has 1 aliphatic rings. The van der Waals surface area contributed by atoms with Crippen molar-refractivity contribution < 1.29 is 9.53 Å². The number of carbonyl (C=O) groups is 1. The molecule has 0 saturated carbocycles. The van der Waals surface area contributed by atoms with Gasteiger partial charge in [0.25, 0.3) is 0 Å². The van der Waals surface area contributed by atoms with E-state index in [9.17, 15) is 4.79 Å². The normalized spacial score (nSPS) is 23.6. The highest BCUT2D eigenvalue weighted by Gasteiger charge is 2.31. The Bertz CT molecular complexity index is 376. The summed E-state index contributed by atoms with van der Waals surface area (Å²) in [7, 11) is 1.41. The van der Waals surface area contributed by atoms with Gasteiger partial charge >= 0.3 is 5.97 Å². The van der Waals surface area contributed by atoms with E-state index in [2.05, 4.69) is 16.9 Å². The maximum atomic E-state index is 11.2. The molecule has 2 unspecified atom stereocenters. The van der Waals surface area contributed by atoms with E-state index in [1.165, 1.54) is 18.2 Å². The van der Waals surface area contributed by atoms with Crippen molar-refractivity contribution in [2.75, 3.05) is 7.11 Å². The Kier molecular flexibility index (Phi) is 2.73. The van der Waals surface area contributed by atoms with Gasteiger partial charge in [-0.05, 0) is 17.5 Å². The molecule has 0 radical (unpaired) electrons. The fourth-order valence-corrected chi connectivity index (χ4v) is 2.23. The third-order valence-corrected chi connectivity index (χ3v) is 3.04. The van der Waals surface area contributed by atoms with Crippen molar-refractivity contribution in [2.24, 2.45) is 5.73 Å². The Hall–Kier alpha value is -1.35. The van der Waals surface area contributed by atoms with Crippen LogP contribution in [0.4, 0.5) is 0 Å². The number of hydrogen-bond acceptors (Lipinski definition) is 3. The zero-order valence-corrected chi connectivity index (χ0v) is 8.77. The highest BCUT2D eigenvalue weighted by molar-refractivity contribution is 5.71. The first-order valence-corrected chi connectivity index (χ1v) is 5.12. The molecule has 2 rings (SSSR count). The maximum absolute atomic E-state index is 11.2. The molecule has 0 spiro atoms. The van der Waals surface area contributed by atoms with Crippen molar-refractivity contribution in [3.63, 3.8) is 0 Å². The Morgan fingerprint density at radius 1 is 1.53 bits per heavy atom. The molecule has 3 heteroatoms. The van der Waals surface area contributed by atoms with Crippen molar-refractivity contribution in [1.29, 1.82) is 0 Å². The van der Waals surface area contributed by atoms with Crippen LogP contribution in [0.5, 0.6) is 0 Å². The topological polar surface area (TPSA) is 52.3 Å². The maximum Gasteiger partial charge on any atom is 0.306 e. The second kappa shape index (κ2) is 4.03. The molecule has 0 bridgehead atoms. The smallest absolute Gasteiger partial charge is 0.306 e. The molecule has 1 aromatic carbocycles. The number of nitrogens with two attached hydrogens (primary N) is 1. The van der Waals surface area contributed by atoms with E-state index in [1.54, 1.807) is 0 Å². The largest absolute Gasteiger partial charge is 0.469 e. The summed E-state index contributed by atoms with van der Waals surface area (Å²) in [5.41, 5.74) is 8.49. The SMILES string of the molecule is COC(=O)CC1c2ccccc2CC1N. The van der Waals surface area contributed by atoms with Crippen molar-refractivity contribution in [3.05, 3.63) is 35.4 Å². The van der Waals surface area contributed by atoms with Crippen LogP contribution in [0.3, 0.4) is 0 Å². The summed E-state index contributed by atoms with van der Waals surface area (Å²) in [5, 5.41) is 0. The molecule has 0 fully saturated rings. The zero-order valence-electron chi connectivity index (χ0n) is 8.77. The van der Waals surface area contributed by atoms with Crippen LogP contribution in [-0.4, -0.2) is 19.1 Å². The minimum atomic E-state index is -0.188. The average Bonchev–Trinajstić information content (AvgIpc) is 2.55. The van der Waals surface area contributed by atoms with Crippen LogP contribution >= 0.6 is 0 Å². The van der Waals surface area contributed by atoms with Gasteiger partial charge in [0.05, 0.1) is 13.5 Å². The molecule has 2 atom stereocenters. The first-order chi connectivity index (χ1) is 7.22. The lowest BCUT2D eigenvalue weighted by atomic mass is 9.95. The van der Waals surface area contributed by atoms with E-state index in [0.717, 1.165) is 6.42 Å². The predicted octanol–water partition coefficient (Wildman–Crippen LogP) is 1.22. The monoisotopic (exact) mass is 205 g/mol. The second-order valence-electron chi connectivity index (χ2n) is 3.95. The van der Waals surface area contributed by atoms with E-state index >= 15 is 0 Å². The van der Waals surface area contributed by atoms with Crippen LogP contribution in [0, 0.1) is 0 Å². The van der Waals surface area contributed by atoms with Crippen molar-refractivity contribution >= 4 is 5.97 Å². The van der Waals surface area contributed by atoms with Gasteiger partial charge in [-0.25, -0.2) is 0 Å². The summed E-state index contributed by atoms with van der Waals surface area (Å²) in [4.78, 5) is 11.2. The number of esters is 1. The van der Waals surface area contributed by atoms with Crippen LogP contribution in [0.25, 0.3) is 0 Å². The van der Waals surface area contributed by atoms with Crippen LogP contribution in [0.15, 0.2) is 24.3 Å². The molecule has 1 aliphatic carbocycles. The zero-order chi connectivity index (χ0) is 10.8. The summed E-state index contributed by atoms with van der Waals surface area (Å²) in [6.45, 7) is 0. The first kappa shape index (κ1) is 10.2. The Balaban J connectivity index is 2.22. The number of carbonyl (C=O) groups excluding carboxylic acids is 1. The van der Waals surface area contributed by atoms with Gasteiger partial charge in [-0.3, -0.25) is 4.79 Å². The van der Waals surface area contributed by atoms with Gasteiger partial charge in [0.2, 0.25) is 0 Å². The fourth-order valence-electron chi connectivity index (χ4n) is 2.23.